The molecule has 1 rings (SSSR count). The smallest absolute Gasteiger partial charge is 0.230 e. The Morgan fingerprint density at radius 2 is 1.70 bits per heavy atom. The first-order valence-electron chi connectivity index (χ1n) is 7.24. The zero-order valence-corrected chi connectivity index (χ0v) is 14.4. The quantitative estimate of drug-likeness (QED) is 0.448. The number of aromatic nitrogens is 1. The van der Waals surface area contributed by atoms with Gasteiger partial charge in [-0.15, -0.1) is 25.3 Å². The van der Waals surface area contributed by atoms with Crippen LogP contribution in [0.1, 0.15) is 56.5 Å². The van der Waals surface area contributed by atoms with Crippen molar-refractivity contribution in [3.8, 4) is 0 Å². The maximum atomic E-state index is 10.7. The van der Waals surface area contributed by atoms with Crippen molar-refractivity contribution in [1.82, 2.24) is 0 Å². The SMILES string of the molecule is CCCCc1c(S)c(S)c(C=C=O)[n+](C)c1CCCC. The highest BCUT2D eigenvalue weighted by atomic mass is 32.1. The van der Waals surface area contributed by atoms with Gasteiger partial charge in [0.25, 0.3) is 0 Å². The normalized spacial score (nSPS) is 10.4. The predicted molar refractivity (Wildman–Crippen MR) is 89.5 cm³/mol. The van der Waals surface area contributed by atoms with Crippen LogP contribution < -0.4 is 4.57 Å². The summed E-state index contributed by atoms with van der Waals surface area (Å²) < 4.78 is 2.08. The summed E-state index contributed by atoms with van der Waals surface area (Å²) in [7, 11) is 2.00. The molecule has 0 saturated heterocycles. The van der Waals surface area contributed by atoms with Gasteiger partial charge in [0, 0.05) is 16.9 Å². The Morgan fingerprint density at radius 3 is 2.25 bits per heavy atom. The van der Waals surface area contributed by atoms with Crippen molar-refractivity contribution in [2.45, 2.75) is 62.2 Å². The number of carbonyl (C=O) groups excluding carboxylic acids is 1. The second kappa shape index (κ2) is 8.56. The molecule has 1 aromatic heterocycles. The molecule has 4 heteroatoms. The molecule has 1 heterocycles. The molecule has 0 radical (unpaired) electrons. The van der Waals surface area contributed by atoms with Crippen molar-refractivity contribution in [1.29, 1.82) is 0 Å². The van der Waals surface area contributed by atoms with Gasteiger partial charge in [0.15, 0.2) is 5.69 Å². The molecule has 0 spiro atoms. The van der Waals surface area contributed by atoms with E-state index in [4.69, 9.17) is 0 Å². The molecule has 0 bridgehead atoms. The lowest BCUT2D eigenvalue weighted by Gasteiger charge is -2.13. The molecule has 1 aromatic rings. The Labute approximate surface area is 133 Å². The summed E-state index contributed by atoms with van der Waals surface area (Å²) in [5, 5.41) is 0. The Hall–Kier alpha value is -0.700. The fourth-order valence-corrected chi connectivity index (χ4v) is 3.11. The average Bonchev–Trinajstić information content (AvgIpc) is 2.45. The zero-order valence-electron chi connectivity index (χ0n) is 12.6. The van der Waals surface area contributed by atoms with Crippen molar-refractivity contribution in [3.63, 3.8) is 0 Å². The van der Waals surface area contributed by atoms with Gasteiger partial charge in [-0.2, -0.15) is 4.57 Å². The Kier molecular flexibility index (Phi) is 7.42. The van der Waals surface area contributed by atoms with Gasteiger partial charge in [-0.05, 0) is 19.3 Å². The van der Waals surface area contributed by atoms with Crippen LogP contribution in [0.2, 0.25) is 0 Å². The van der Waals surface area contributed by atoms with E-state index in [1.54, 1.807) is 0 Å². The third-order valence-corrected chi connectivity index (χ3v) is 4.73. The van der Waals surface area contributed by atoms with Crippen LogP contribution in [0.5, 0.6) is 0 Å². The van der Waals surface area contributed by atoms with E-state index in [1.165, 1.54) is 17.3 Å². The summed E-state index contributed by atoms with van der Waals surface area (Å²) in [6.45, 7) is 4.38. The molecule has 0 amide bonds. The monoisotopic (exact) mass is 310 g/mol. The summed E-state index contributed by atoms with van der Waals surface area (Å²) in [5.74, 6) is 1.86. The highest BCUT2D eigenvalue weighted by Crippen LogP contribution is 2.29. The van der Waals surface area contributed by atoms with Crippen molar-refractivity contribution in [2.24, 2.45) is 7.05 Å². The van der Waals surface area contributed by atoms with Crippen molar-refractivity contribution < 1.29 is 9.36 Å². The van der Waals surface area contributed by atoms with Gasteiger partial charge >= 0.3 is 0 Å². The molecule has 2 nitrogen and oxygen atoms in total. The predicted octanol–water partition coefficient (Wildman–Crippen LogP) is 3.62. The first kappa shape index (κ1) is 17.4. The molecular formula is C16H24NOS2+. The molecule has 0 aliphatic carbocycles. The third kappa shape index (κ3) is 3.91. The first-order valence-corrected chi connectivity index (χ1v) is 8.14. The minimum Gasteiger partial charge on any atom is -0.233 e. The van der Waals surface area contributed by atoms with Gasteiger partial charge in [-0.25, -0.2) is 4.79 Å². The number of pyridine rings is 1. The Balaban J connectivity index is 3.43. The largest absolute Gasteiger partial charge is 0.233 e. The molecule has 0 saturated carbocycles. The molecule has 0 atom stereocenters. The highest BCUT2D eigenvalue weighted by molar-refractivity contribution is 7.83. The molecule has 0 aliphatic heterocycles. The van der Waals surface area contributed by atoms with E-state index < -0.39 is 0 Å². The van der Waals surface area contributed by atoms with Gasteiger partial charge in [-0.1, -0.05) is 26.7 Å². The molecule has 0 aromatic carbocycles. The lowest BCUT2D eigenvalue weighted by molar-refractivity contribution is -0.683. The van der Waals surface area contributed by atoms with Crippen LogP contribution >= 0.6 is 25.3 Å². The highest BCUT2D eigenvalue weighted by Gasteiger charge is 2.23. The van der Waals surface area contributed by atoms with E-state index in [9.17, 15) is 4.79 Å². The van der Waals surface area contributed by atoms with Crippen molar-refractivity contribution in [2.75, 3.05) is 0 Å². The fourth-order valence-electron chi connectivity index (χ4n) is 2.41. The molecule has 0 N–H and O–H groups in total. The van der Waals surface area contributed by atoms with Gasteiger partial charge in [0.1, 0.15) is 13.0 Å². The first-order chi connectivity index (χ1) is 9.58. The lowest BCUT2D eigenvalue weighted by Crippen LogP contribution is -2.39. The van der Waals surface area contributed by atoms with E-state index in [0.717, 1.165) is 54.0 Å². The van der Waals surface area contributed by atoms with Crippen LogP contribution in [0.15, 0.2) is 9.79 Å². The summed E-state index contributed by atoms with van der Waals surface area (Å²) in [6, 6.07) is 0. The molecule has 0 aliphatic rings. The lowest BCUT2D eigenvalue weighted by atomic mass is 10.0. The fraction of sp³-hybridized carbons (Fsp3) is 0.562. The van der Waals surface area contributed by atoms with Gasteiger partial charge in [0.05, 0.1) is 11.0 Å². The number of thiol groups is 2. The Morgan fingerprint density at radius 1 is 1.10 bits per heavy atom. The van der Waals surface area contributed by atoms with E-state index >= 15 is 0 Å². The maximum absolute atomic E-state index is 10.7. The molecule has 0 fully saturated rings. The number of unbranched alkanes of at least 4 members (excludes halogenated alkanes) is 2. The van der Waals surface area contributed by atoms with Crippen molar-refractivity contribution >= 4 is 37.3 Å². The van der Waals surface area contributed by atoms with Crippen LogP contribution in [-0.4, -0.2) is 5.94 Å². The molecular weight excluding hydrogens is 286 g/mol. The standard InChI is InChI=1S/C16H23NOS2/c1-4-6-8-12-13(9-7-5-2)17(3)14(10-11-18)16(20)15(12)19/h10,20H,4-9H2,1-3H3/p+1. The summed E-state index contributed by atoms with van der Waals surface area (Å²) in [6.07, 6.45) is 8.05. The van der Waals surface area contributed by atoms with Crippen LogP contribution in [-0.2, 0) is 24.7 Å². The van der Waals surface area contributed by atoms with E-state index in [0.29, 0.717) is 0 Å². The summed E-state index contributed by atoms with van der Waals surface area (Å²) in [5.41, 5.74) is 3.34. The topological polar surface area (TPSA) is 20.9 Å². The van der Waals surface area contributed by atoms with Crippen LogP contribution in [0.4, 0.5) is 0 Å². The summed E-state index contributed by atoms with van der Waals surface area (Å²) in [4.78, 5) is 12.4. The van der Waals surface area contributed by atoms with Gasteiger partial charge < -0.3 is 0 Å². The number of nitrogens with zero attached hydrogens (tertiary/aromatic N) is 1. The zero-order chi connectivity index (χ0) is 15.1. The summed E-state index contributed by atoms with van der Waals surface area (Å²) >= 11 is 9.18. The maximum Gasteiger partial charge on any atom is 0.230 e. The average molecular weight is 311 g/mol. The van der Waals surface area contributed by atoms with E-state index in [2.05, 4.69) is 43.7 Å². The van der Waals surface area contributed by atoms with E-state index in [1.807, 2.05) is 13.0 Å². The minimum atomic E-state index is 0.769. The van der Waals surface area contributed by atoms with Gasteiger partial charge in [0.2, 0.25) is 5.69 Å². The second-order valence-corrected chi connectivity index (χ2v) is 5.93. The number of rotatable bonds is 7. The van der Waals surface area contributed by atoms with Crippen LogP contribution in [0.3, 0.4) is 0 Å². The third-order valence-electron chi connectivity index (χ3n) is 3.61. The number of hydrogen-bond acceptors (Lipinski definition) is 3. The second-order valence-electron chi connectivity index (χ2n) is 5.04. The minimum absolute atomic E-state index is 0.769. The molecule has 20 heavy (non-hydrogen) atoms. The molecule has 110 valence electrons. The molecule has 0 unspecified atom stereocenters. The number of hydrogen-bond donors (Lipinski definition) is 2. The van der Waals surface area contributed by atoms with E-state index in [-0.39, 0.29) is 0 Å². The van der Waals surface area contributed by atoms with Crippen LogP contribution in [0.25, 0.3) is 6.08 Å². The van der Waals surface area contributed by atoms with Crippen LogP contribution in [0, 0.1) is 0 Å². The van der Waals surface area contributed by atoms with Gasteiger partial charge in [-0.3, -0.25) is 0 Å². The Bertz CT molecular complexity index is 520. The van der Waals surface area contributed by atoms with Crippen molar-refractivity contribution in [3.05, 3.63) is 17.0 Å².